The van der Waals surface area contributed by atoms with Crippen LogP contribution in [-0.2, 0) is 16.0 Å². The van der Waals surface area contributed by atoms with Crippen LogP contribution in [0.4, 0.5) is 4.79 Å². The van der Waals surface area contributed by atoms with Crippen molar-refractivity contribution in [3.8, 4) is 17.2 Å². The first-order valence-electron chi connectivity index (χ1n) is 8.56. The van der Waals surface area contributed by atoms with Gasteiger partial charge in [0.25, 0.3) is 0 Å². The summed E-state index contributed by atoms with van der Waals surface area (Å²) in [5.74, 6) is -0.628. The van der Waals surface area contributed by atoms with Crippen LogP contribution < -0.4 is 11.1 Å². The smallest absolute Gasteiger partial charge is 0.408 e. The standard InChI is InChI=1S/C21H23N3O3/c1-21(2,3)27-20(26)24-18(19(23)25)12-14-4-8-16(9-5-14)17-10-6-15(13-22)7-11-17/h4-11,18H,12H2,1-3H3,(H2,23,25)(H,24,26)/t18-/m0/s1. The van der Waals surface area contributed by atoms with Gasteiger partial charge in [0.1, 0.15) is 11.6 Å². The Morgan fingerprint density at radius 2 is 1.59 bits per heavy atom. The van der Waals surface area contributed by atoms with E-state index in [-0.39, 0.29) is 6.42 Å². The largest absolute Gasteiger partial charge is 0.444 e. The molecule has 2 aromatic carbocycles. The molecule has 0 spiro atoms. The highest BCUT2D eigenvalue weighted by Gasteiger charge is 2.23. The van der Waals surface area contributed by atoms with Crippen molar-refractivity contribution >= 4 is 12.0 Å². The first kappa shape index (κ1) is 20.0. The molecule has 6 nitrogen and oxygen atoms in total. The molecule has 0 saturated carbocycles. The number of nitrogens with one attached hydrogen (secondary N) is 1. The fourth-order valence-corrected chi connectivity index (χ4v) is 2.48. The number of carbonyl (C=O) groups is 2. The second kappa shape index (κ2) is 8.37. The minimum Gasteiger partial charge on any atom is -0.444 e. The molecule has 0 radical (unpaired) electrons. The Morgan fingerprint density at radius 1 is 1.07 bits per heavy atom. The Balaban J connectivity index is 2.07. The molecule has 0 aromatic heterocycles. The molecule has 3 N–H and O–H groups in total. The van der Waals surface area contributed by atoms with Crippen molar-refractivity contribution in [3.05, 3.63) is 59.7 Å². The van der Waals surface area contributed by atoms with Crippen molar-refractivity contribution < 1.29 is 14.3 Å². The van der Waals surface area contributed by atoms with Gasteiger partial charge in [0.05, 0.1) is 11.6 Å². The van der Waals surface area contributed by atoms with Crippen molar-refractivity contribution in [2.24, 2.45) is 5.73 Å². The van der Waals surface area contributed by atoms with Gasteiger partial charge in [-0.15, -0.1) is 0 Å². The molecule has 2 amide bonds. The second-order valence-corrected chi connectivity index (χ2v) is 7.19. The maximum atomic E-state index is 11.9. The molecule has 2 aromatic rings. The molecule has 140 valence electrons. The fourth-order valence-electron chi connectivity index (χ4n) is 2.48. The van der Waals surface area contributed by atoms with Crippen LogP contribution in [0.3, 0.4) is 0 Å². The zero-order valence-corrected chi connectivity index (χ0v) is 15.7. The minimum atomic E-state index is -0.861. The number of hydrogen-bond acceptors (Lipinski definition) is 4. The molecule has 0 heterocycles. The molecule has 0 aliphatic heterocycles. The lowest BCUT2D eigenvalue weighted by Gasteiger charge is -2.22. The van der Waals surface area contributed by atoms with E-state index in [1.165, 1.54) is 0 Å². The minimum absolute atomic E-state index is 0.266. The van der Waals surface area contributed by atoms with E-state index in [1.54, 1.807) is 32.9 Å². The Kier molecular flexibility index (Phi) is 6.19. The van der Waals surface area contributed by atoms with Gasteiger partial charge in [0.15, 0.2) is 0 Å². The van der Waals surface area contributed by atoms with Gasteiger partial charge in [-0.05, 0) is 49.6 Å². The Bertz CT molecular complexity index is 844. The summed E-state index contributed by atoms with van der Waals surface area (Å²) in [6, 6.07) is 16.1. The summed E-state index contributed by atoms with van der Waals surface area (Å²) >= 11 is 0. The molecule has 0 aliphatic rings. The average molecular weight is 365 g/mol. The number of rotatable bonds is 5. The second-order valence-electron chi connectivity index (χ2n) is 7.19. The summed E-state index contributed by atoms with van der Waals surface area (Å²) in [4.78, 5) is 23.6. The molecule has 0 unspecified atom stereocenters. The molecule has 2 rings (SSSR count). The van der Waals surface area contributed by atoms with Crippen molar-refractivity contribution in [2.75, 3.05) is 0 Å². The third kappa shape index (κ3) is 6.15. The Labute approximate surface area is 158 Å². The van der Waals surface area contributed by atoms with Crippen molar-refractivity contribution in [3.63, 3.8) is 0 Å². The van der Waals surface area contributed by atoms with E-state index in [0.29, 0.717) is 5.56 Å². The third-order valence-corrected chi connectivity index (χ3v) is 3.78. The Morgan fingerprint density at radius 3 is 2.04 bits per heavy atom. The van der Waals surface area contributed by atoms with E-state index in [4.69, 9.17) is 15.7 Å². The molecular weight excluding hydrogens is 342 g/mol. The number of primary amides is 1. The van der Waals surface area contributed by atoms with Gasteiger partial charge in [-0.3, -0.25) is 4.79 Å². The topological polar surface area (TPSA) is 105 Å². The molecule has 0 fully saturated rings. The fraction of sp³-hybridized carbons (Fsp3) is 0.286. The number of alkyl carbamates (subject to hydrolysis) is 1. The first-order chi connectivity index (χ1) is 12.7. The average Bonchev–Trinajstić information content (AvgIpc) is 2.60. The van der Waals surface area contributed by atoms with Gasteiger partial charge in [-0.25, -0.2) is 4.79 Å². The zero-order valence-electron chi connectivity index (χ0n) is 15.7. The van der Waals surface area contributed by atoms with Gasteiger partial charge >= 0.3 is 6.09 Å². The van der Waals surface area contributed by atoms with Crippen LogP contribution in [0.5, 0.6) is 0 Å². The van der Waals surface area contributed by atoms with Gasteiger partial charge in [0, 0.05) is 6.42 Å². The molecule has 0 aliphatic carbocycles. The van der Waals surface area contributed by atoms with Crippen molar-refractivity contribution in [1.29, 1.82) is 5.26 Å². The van der Waals surface area contributed by atoms with E-state index in [1.807, 2.05) is 36.4 Å². The van der Waals surface area contributed by atoms with Crippen molar-refractivity contribution in [2.45, 2.75) is 38.8 Å². The highest BCUT2D eigenvalue weighted by Crippen LogP contribution is 2.21. The summed E-state index contributed by atoms with van der Waals surface area (Å²) < 4.78 is 5.17. The number of ether oxygens (including phenoxy) is 1. The predicted molar refractivity (Wildman–Crippen MR) is 103 cm³/mol. The van der Waals surface area contributed by atoms with E-state index in [0.717, 1.165) is 16.7 Å². The number of hydrogen-bond donors (Lipinski definition) is 2. The van der Waals surface area contributed by atoms with E-state index >= 15 is 0 Å². The van der Waals surface area contributed by atoms with E-state index in [9.17, 15) is 9.59 Å². The molecule has 1 atom stereocenters. The number of benzene rings is 2. The lowest BCUT2D eigenvalue weighted by atomic mass is 10.00. The van der Waals surface area contributed by atoms with Gasteiger partial charge in [-0.2, -0.15) is 5.26 Å². The van der Waals surface area contributed by atoms with Crippen molar-refractivity contribution in [1.82, 2.24) is 5.32 Å². The lowest BCUT2D eigenvalue weighted by molar-refractivity contribution is -0.120. The SMILES string of the molecule is CC(C)(C)OC(=O)N[C@@H](Cc1ccc(-c2ccc(C#N)cc2)cc1)C(N)=O. The highest BCUT2D eigenvalue weighted by molar-refractivity contribution is 5.84. The summed E-state index contributed by atoms with van der Waals surface area (Å²) in [6.07, 6.45) is -0.414. The first-order valence-corrected chi connectivity index (χ1v) is 8.56. The maximum Gasteiger partial charge on any atom is 0.408 e. The van der Waals surface area contributed by atoms with Crippen LogP contribution in [0.1, 0.15) is 31.9 Å². The summed E-state index contributed by atoms with van der Waals surface area (Å²) in [6.45, 7) is 5.23. The number of carbonyl (C=O) groups excluding carboxylic acids is 2. The van der Waals surface area contributed by atoms with Crippen LogP contribution >= 0.6 is 0 Å². The molecule has 27 heavy (non-hydrogen) atoms. The zero-order chi connectivity index (χ0) is 20.0. The van der Waals surface area contributed by atoms with E-state index in [2.05, 4.69) is 11.4 Å². The molecule has 0 saturated heterocycles. The van der Waals surface area contributed by atoms with Crippen LogP contribution in [0.25, 0.3) is 11.1 Å². The quantitative estimate of drug-likeness (QED) is 0.849. The number of nitrogens with two attached hydrogens (primary N) is 1. The van der Waals surface area contributed by atoms with Crippen LogP contribution in [-0.4, -0.2) is 23.6 Å². The van der Waals surface area contributed by atoms with Crippen LogP contribution in [0.15, 0.2) is 48.5 Å². The number of amides is 2. The highest BCUT2D eigenvalue weighted by atomic mass is 16.6. The monoisotopic (exact) mass is 365 g/mol. The van der Waals surface area contributed by atoms with Gasteiger partial charge < -0.3 is 15.8 Å². The summed E-state index contributed by atoms with van der Waals surface area (Å²) in [5, 5.41) is 11.4. The Hall–Kier alpha value is -3.33. The van der Waals surface area contributed by atoms with E-state index < -0.39 is 23.6 Å². The number of nitriles is 1. The van der Waals surface area contributed by atoms with Crippen LogP contribution in [0, 0.1) is 11.3 Å². The molecule has 6 heteroatoms. The maximum absolute atomic E-state index is 11.9. The molecular formula is C21H23N3O3. The number of nitrogens with zero attached hydrogens (tertiary/aromatic N) is 1. The normalized spacial score (nSPS) is 11.9. The summed E-state index contributed by atoms with van der Waals surface area (Å²) in [7, 11) is 0. The molecule has 0 bridgehead atoms. The summed E-state index contributed by atoms with van der Waals surface area (Å²) in [5.41, 5.74) is 8.18. The predicted octanol–water partition coefficient (Wildman–Crippen LogP) is 3.15. The lowest BCUT2D eigenvalue weighted by Crippen LogP contribution is -2.47. The van der Waals surface area contributed by atoms with Crippen LogP contribution in [0.2, 0.25) is 0 Å². The van der Waals surface area contributed by atoms with Gasteiger partial charge in [0.2, 0.25) is 5.91 Å². The van der Waals surface area contributed by atoms with Gasteiger partial charge in [-0.1, -0.05) is 36.4 Å². The third-order valence-electron chi connectivity index (χ3n) is 3.78.